The third-order valence-corrected chi connectivity index (χ3v) is 10.5. The van der Waals surface area contributed by atoms with E-state index in [1.54, 1.807) is 0 Å². The Morgan fingerprint density at radius 2 is 1.00 bits per heavy atom. The molecule has 0 amide bonds. The topological polar surface area (TPSA) is 52.7 Å². The van der Waals surface area contributed by atoms with Gasteiger partial charge in [-0.2, -0.15) is 0 Å². The SMILES string of the molecule is O=c1c2c(c3ccccc3c3c4ccccc4n(-c4nc(-c5ccc6ccccc6c5)c5ccccc5n4)c23)c2ccccc2n1-c1ccccc1. The van der Waals surface area contributed by atoms with Crippen molar-refractivity contribution in [3.05, 3.63) is 180 Å². The second-order valence-electron chi connectivity index (χ2n) is 13.3. The van der Waals surface area contributed by atoms with E-state index in [9.17, 15) is 0 Å². The number of hydrogen-bond acceptors (Lipinski definition) is 3. The molecule has 11 aromatic rings. The van der Waals surface area contributed by atoms with Gasteiger partial charge in [0.05, 0.1) is 33.1 Å². The molecule has 0 aliphatic rings. The zero-order chi connectivity index (χ0) is 34.3. The van der Waals surface area contributed by atoms with Crippen LogP contribution in [0, 0.1) is 0 Å². The summed E-state index contributed by atoms with van der Waals surface area (Å²) in [5, 5.41) is 10.0. The van der Waals surface area contributed by atoms with E-state index in [1.807, 2.05) is 71.3 Å². The van der Waals surface area contributed by atoms with Crippen molar-refractivity contribution in [1.82, 2.24) is 19.1 Å². The zero-order valence-corrected chi connectivity index (χ0v) is 27.9. The van der Waals surface area contributed by atoms with Gasteiger partial charge in [0.15, 0.2) is 0 Å². The molecule has 0 radical (unpaired) electrons. The second-order valence-corrected chi connectivity index (χ2v) is 13.3. The Hall–Kier alpha value is -7.11. The van der Waals surface area contributed by atoms with E-state index < -0.39 is 0 Å². The van der Waals surface area contributed by atoms with Crippen LogP contribution in [0.15, 0.2) is 175 Å². The van der Waals surface area contributed by atoms with Gasteiger partial charge in [0.2, 0.25) is 5.95 Å². The molecule has 0 atom stereocenters. The summed E-state index contributed by atoms with van der Waals surface area (Å²) in [4.78, 5) is 26.1. The van der Waals surface area contributed by atoms with Gasteiger partial charge in [0, 0.05) is 38.2 Å². The molecule has 3 aromatic heterocycles. The largest absolute Gasteiger partial charge is 0.277 e. The lowest BCUT2D eigenvalue weighted by atomic mass is 9.94. The van der Waals surface area contributed by atoms with Gasteiger partial charge in [-0.1, -0.05) is 133 Å². The van der Waals surface area contributed by atoms with E-state index in [1.165, 1.54) is 5.39 Å². The third kappa shape index (κ3) is 4.02. The van der Waals surface area contributed by atoms with E-state index in [2.05, 4.69) is 108 Å². The molecular weight excluding hydrogens is 637 g/mol. The maximum atomic E-state index is 15.4. The lowest BCUT2D eigenvalue weighted by Gasteiger charge is -2.17. The molecule has 0 aliphatic heterocycles. The second kappa shape index (κ2) is 10.9. The quantitative estimate of drug-likeness (QED) is 0.177. The Kier molecular flexibility index (Phi) is 6.04. The van der Waals surface area contributed by atoms with Gasteiger partial charge in [0.25, 0.3) is 5.56 Å². The molecule has 0 saturated heterocycles. The average Bonchev–Trinajstić information content (AvgIpc) is 3.56. The fraction of sp³-hybridized carbons (Fsp3) is 0. The molecule has 0 saturated carbocycles. The number of rotatable bonds is 3. The van der Waals surface area contributed by atoms with Crippen LogP contribution in [-0.4, -0.2) is 19.1 Å². The summed E-state index contributed by atoms with van der Waals surface area (Å²) in [5.41, 5.74) is 6.01. The highest BCUT2D eigenvalue weighted by molar-refractivity contribution is 6.35. The normalized spacial score (nSPS) is 11.9. The first kappa shape index (κ1) is 28.7. The van der Waals surface area contributed by atoms with E-state index in [0.717, 1.165) is 82.1 Å². The van der Waals surface area contributed by atoms with E-state index in [0.29, 0.717) is 11.3 Å². The molecule has 0 aliphatic carbocycles. The third-order valence-electron chi connectivity index (χ3n) is 10.5. The summed E-state index contributed by atoms with van der Waals surface area (Å²) in [6.07, 6.45) is 0. The van der Waals surface area contributed by atoms with Crippen molar-refractivity contribution in [3.8, 4) is 22.9 Å². The number of benzene rings is 8. The molecule has 0 fully saturated rings. The van der Waals surface area contributed by atoms with Crippen molar-refractivity contribution in [2.75, 3.05) is 0 Å². The monoisotopic (exact) mass is 664 g/mol. The number of nitrogens with zero attached hydrogens (tertiary/aromatic N) is 4. The number of aromatic nitrogens is 4. The van der Waals surface area contributed by atoms with Crippen molar-refractivity contribution in [3.63, 3.8) is 0 Å². The van der Waals surface area contributed by atoms with Gasteiger partial charge >= 0.3 is 0 Å². The van der Waals surface area contributed by atoms with Gasteiger partial charge in [-0.05, 0) is 57.9 Å². The summed E-state index contributed by atoms with van der Waals surface area (Å²) < 4.78 is 3.98. The van der Waals surface area contributed by atoms with Crippen molar-refractivity contribution in [2.45, 2.75) is 0 Å². The summed E-state index contributed by atoms with van der Waals surface area (Å²) in [6.45, 7) is 0. The molecule has 0 unspecified atom stereocenters. The molecule has 5 nitrogen and oxygen atoms in total. The molecule has 11 rings (SSSR count). The van der Waals surface area contributed by atoms with Crippen molar-refractivity contribution in [1.29, 1.82) is 0 Å². The van der Waals surface area contributed by atoms with Crippen LogP contribution in [0.3, 0.4) is 0 Å². The van der Waals surface area contributed by atoms with Crippen LogP contribution in [0.1, 0.15) is 0 Å². The summed E-state index contributed by atoms with van der Waals surface area (Å²) in [6, 6.07) is 58.0. The smallest absolute Gasteiger partial charge is 0.265 e. The minimum atomic E-state index is -0.0877. The molecule has 3 heterocycles. The summed E-state index contributed by atoms with van der Waals surface area (Å²) in [7, 11) is 0. The lowest BCUT2D eigenvalue weighted by Crippen LogP contribution is -2.20. The van der Waals surface area contributed by atoms with Crippen LogP contribution in [0.2, 0.25) is 0 Å². The van der Waals surface area contributed by atoms with Gasteiger partial charge in [-0.25, -0.2) is 9.97 Å². The van der Waals surface area contributed by atoms with Crippen molar-refractivity contribution < 1.29 is 0 Å². The summed E-state index contributed by atoms with van der Waals surface area (Å²) >= 11 is 0. The minimum Gasteiger partial charge on any atom is -0.277 e. The van der Waals surface area contributed by atoms with Crippen molar-refractivity contribution in [2.24, 2.45) is 0 Å². The Labute approximate surface area is 297 Å². The van der Waals surface area contributed by atoms with Gasteiger partial charge in [-0.3, -0.25) is 13.9 Å². The fourth-order valence-corrected chi connectivity index (χ4v) is 8.27. The van der Waals surface area contributed by atoms with Crippen LogP contribution in [0.5, 0.6) is 0 Å². The maximum Gasteiger partial charge on any atom is 0.265 e. The molecular formula is C47H28N4O. The molecule has 0 bridgehead atoms. The number of pyridine rings is 1. The number of hydrogen-bond donors (Lipinski definition) is 0. The van der Waals surface area contributed by atoms with E-state index in [4.69, 9.17) is 9.97 Å². The number of fused-ring (bicyclic) bond motifs is 12. The first-order chi connectivity index (χ1) is 25.7. The highest BCUT2D eigenvalue weighted by Gasteiger charge is 2.25. The Morgan fingerprint density at radius 3 is 1.77 bits per heavy atom. The number of para-hydroxylation sites is 4. The Bertz CT molecular complexity index is 3320. The highest BCUT2D eigenvalue weighted by atomic mass is 16.1. The predicted octanol–water partition coefficient (Wildman–Crippen LogP) is 11.2. The fourth-order valence-electron chi connectivity index (χ4n) is 8.27. The molecule has 52 heavy (non-hydrogen) atoms. The zero-order valence-electron chi connectivity index (χ0n) is 27.9. The first-order valence-electron chi connectivity index (χ1n) is 17.5. The van der Waals surface area contributed by atoms with Gasteiger partial charge in [0.1, 0.15) is 0 Å². The molecule has 242 valence electrons. The van der Waals surface area contributed by atoms with Crippen LogP contribution in [-0.2, 0) is 0 Å². The first-order valence-corrected chi connectivity index (χ1v) is 17.5. The van der Waals surface area contributed by atoms with E-state index >= 15 is 4.79 Å². The van der Waals surface area contributed by atoms with Crippen molar-refractivity contribution >= 4 is 75.9 Å². The molecule has 0 N–H and O–H groups in total. The predicted molar refractivity (Wildman–Crippen MR) is 215 cm³/mol. The molecule has 0 spiro atoms. The average molecular weight is 665 g/mol. The molecule has 5 heteroatoms. The van der Waals surface area contributed by atoms with Crippen LogP contribution >= 0.6 is 0 Å². The van der Waals surface area contributed by atoms with Crippen LogP contribution in [0.4, 0.5) is 0 Å². The van der Waals surface area contributed by atoms with Gasteiger partial charge < -0.3 is 0 Å². The molecule has 8 aromatic carbocycles. The highest BCUT2D eigenvalue weighted by Crippen LogP contribution is 2.43. The summed E-state index contributed by atoms with van der Waals surface area (Å²) in [5.74, 6) is 0.517. The maximum absolute atomic E-state index is 15.4. The van der Waals surface area contributed by atoms with E-state index in [-0.39, 0.29) is 5.56 Å². The Balaban J connectivity index is 1.37. The van der Waals surface area contributed by atoms with Crippen LogP contribution in [0.25, 0.3) is 98.8 Å². The van der Waals surface area contributed by atoms with Crippen LogP contribution < -0.4 is 5.56 Å². The van der Waals surface area contributed by atoms with Gasteiger partial charge in [-0.15, -0.1) is 0 Å². The Morgan fingerprint density at radius 1 is 0.423 bits per heavy atom. The lowest BCUT2D eigenvalue weighted by molar-refractivity contribution is 1.01. The minimum absolute atomic E-state index is 0.0877. The standard InChI is InChI=1S/C47H28N4O/c52-46-43-41(36-21-9-12-24-39(36)50(46)32-16-2-1-3-17-32)33-18-6-7-19-34(33)42-37-22-10-13-25-40(37)51(45(42)43)47-48-38-23-11-8-20-35(38)44(49-47)31-27-26-29-14-4-5-15-30(29)28-31/h1-28H.